The topological polar surface area (TPSA) is 64.0 Å². The lowest BCUT2D eigenvalue weighted by Crippen LogP contribution is -2.54. The molecule has 6 nitrogen and oxygen atoms in total. The Kier molecular flexibility index (Phi) is 3.07. The molecule has 0 saturated carbocycles. The van der Waals surface area contributed by atoms with Crippen molar-refractivity contribution in [2.75, 3.05) is 18.0 Å². The van der Waals surface area contributed by atoms with Gasteiger partial charge in [0.1, 0.15) is 6.10 Å². The fourth-order valence-electron chi connectivity index (χ4n) is 2.46. The Bertz CT molecular complexity index is 816. The van der Waals surface area contributed by atoms with Crippen LogP contribution in [0, 0.1) is 6.92 Å². The Balaban J connectivity index is 1.45. The highest BCUT2D eigenvalue weighted by Gasteiger charge is 2.31. The van der Waals surface area contributed by atoms with Gasteiger partial charge in [-0.15, -0.1) is 0 Å². The van der Waals surface area contributed by atoms with Gasteiger partial charge in [-0.05, 0) is 13.0 Å². The van der Waals surface area contributed by atoms with Gasteiger partial charge in [0.15, 0.2) is 0 Å². The number of para-hydroxylation sites is 1. The Hall–Kier alpha value is -2.76. The molecule has 0 radical (unpaired) electrons. The number of hydrogen-bond donors (Lipinski definition) is 0. The number of aryl methyl sites for hydroxylation is 1. The van der Waals surface area contributed by atoms with Gasteiger partial charge in [0, 0.05) is 24.0 Å². The second-order valence-corrected chi connectivity index (χ2v) is 5.32. The molecule has 3 aromatic rings. The van der Waals surface area contributed by atoms with Gasteiger partial charge in [-0.25, -0.2) is 15.0 Å². The van der Waals surface area contributed by atoms with E-state index in [9.17, 15) is 0 Å². The van der Waals surface area contributed by atoms with Crippen LogP contribution in [0.25, 0.3) is 10.9 Å². The summed E-state index contributed by atoms with van der Waals surface area (Å²) in [6.07, 6.45) is 5.27. The SMILES string of the molecule is Cc1nccnc1OC1CN(c2ncc3ccccc3n2)C1. The first-order chi connectivity index (χ1) is 10.8. The lowest BCUT2D eigenvalue weighted by Gasteiger charge is -2.38. The first kappa shape index (κ1) is 12.9. The quantitative estimate of drug-likeness (QED) is 0.736. The molecule has 0 aliphatic carbocycles. The third kappa shape index (κ3) is 2.32. The largest absolute Gasteiger partial charge is 0.469 e. The first-order valence-electron chi connectivity index (χ1n) is 7.20. The maximum Gasteiger partial charge on any atom is 0.235 e. The summed E-state index contributed by atoms with van der Waals surface area (Å²) < 4.78 is 5.85. The normalized spacial score (nSPS) is 14.9. The molecule has 1 saturated heterocycles. The zero-order valence-electron chi connectivity index (χ0n) is 12.2. The second kappa shape index (κ2) is 5.22. The summed E-state index contributed by atoms with van der Waals surface area (Å²) in [7, 11) is 0. The Morgan fingerprint density at radius 2 is 1.91 bits per heavy atom. The van der Waals surface area contributed by atoms with Crippen LogP contribution in [0.1, 0.15) is 5.69 Å². The van der Waals surface area contributed by atoms with Gasteiger partial charge in [0.25, 0.3) is 0 Å². The third-order valence-corrected chi connectivity index (χ3v) is 3.72. The Morgan fingerprint density at radius 1 is 1.09 bits per heavy atom. The van der Waals surface area contributed by atoms with Crippen LogP contribution in [-0.4, -0.2) is 39.1 Å². The van der Waals surface area contributed by atoms with Crippen LogP contribution >= 0.6 is 0 Å². The maximum atomic E-state index is 5.85. The lowest BCUT2D eigenvalue weighted by atomic mass is 10.2. The first-order valence-corrected chi connectivity index (χ1v) is 7.20. The van der Waals surface area contributed by atoms with Gasteiger partial charge < -0.3 is 9.64 Å². The molecular weight excluding hydrogens is 278 g/mol. The predicted octanol–water partition coefficient (Wildman–Crippen LogP) is 2.00. The minimum atomic E-state index is 0.102. The summed E-state index contributed by atoms with van der Waals surface area (Å²) in [5, 5.41) is 1.05. The van der Waals surface area contributed by atoms with Crippen LogP contribution in [0.2, 0.25) is 0 Å². The van der Waals surface area contributed by atoms with Crippen molar-refractivity contribution < 1.29 is 4.74 Å². The van der Waals surface area contributed by atoms with Crippen LogP contribution < -0.4 is 9.64 Å². The highest BCUT2D eigenvalue weighted by molar-refractivity contribution is 5.78. The predicted molar refractivity (Wildman–Crippen MR) is 82.9 cm³/mol. The van der Waals surface area contributed by atoms with E-state index in [1.165, 1.54) is 0 Å². The number of rotatable bonds is 3. The van der Waals surface area contributed by atoms with Crippen molar-refractivity contribution in [3.05, 3.63) is 48.5 Å². The van der Waals surface area contributed by atoms with E-state index in [4.69, 9.17) is 4.74 Å². The molecule has 22 heavy (non-hydrogen) atoms. The van der Waals surface area contributed by atoms with Crippen molar-refractivity contribution in [3.63, 3.8) is 0 Å². The Labute approximate surface area is 127 Å². The van der Waals surface area contributed by atoms with Crippen molar-refractivity contribution in [1.29, 1.82) is 0 Å². The molecular formula is C16H15N5O. The zero-order chi connectivity index (χ0) is 14.9. The average molecular weight is 293 g/mol. The van der Waals surface area contributed by atoms with E-state index >= 15 is 0 Å². The second-order valence-electron chi connectivity index (χ2n) is 5.32. The zero-order valence-corrected chi connectivity index (χ0v) is 12.2. The number of aromatic nitrogens is 4. The lowest BCUT2D eigenvalue weighted by molar-refractivity contribution is 0.157. The van der Waals surface area contributed by atoms with E-state index in [-0.39, 0.29) is 6.10 Å². The summed E-state index contributed by atoms with van der Waals surface area (Å²) in [5.41, 5.74) is 1.77. The Morgan fingerprint density at radius 3 is 2.77 bits per heavy atom. The van der Waals surface area contributed by atoms with E-state index < -0.39 is 0 Å². The number of ether oxygens (including phenoxy) is 1. The molecule has 6 heteroatoms. The van der Waals surface area contributed by atoms with Gasteiger partial charge in [0.2, 0.25) is 11.8 Å². The van der Waals surface area contributed by atoms with Gasteiger partial charge >= 0.3 is 0 Å². The minimum Gasteiger partial charge on any atom is -0.469 e. The summed E-state index contributed by atoms with van der Waals surface area (Å²) >= 11 is 0. The molecule has 0 spiro atoms. The number of anilines is 1. The maximum absolute atomic E-state index is 5.85. The van der Waals surface area contributed by atoms with E-state index in [1.54, 1.807) is 12.4 Å². The van der Waals surface area contributed by atoms with Crippen molar-refractivity contribution in [3.8, 4) is 5.88 Å². The standard InChI is InChI=1S/C16H15N5O/c1-11-15(18-7-6-17-11)22-13-9-21(10-13)16-19-8-12-4-2-3-5-14(12)20-16/h2-8,13H,9-10H2,1H3. The molecule has 0 unspecified atom stereocenters. The van der Waals surface area contributed by atoms with Gasteiger partial charge in [-0.3, -0.25) is 4.98 Å². The van der Waals surface area contributed by atoms with Gasteiger partial charge in [-0.2, -0.15) is 0 Å². The minimum absolute atomic E-state index is 0.102. The molecule has 3 heterocycles. The molecule has 0 amide bonds. The number of hydrogen-bond acceptors (Lipinski definition) is 6. The number of nitrogens with zero attached hydrogens (tertiary/aromatic N) is 5. The fourth-order valence-corrected chi connectivity index (χ4v) is 2.46. The molecule has 0 bridgehead atoms. The molecule has 1 fully saturated rings. The average Bonchev–Trinajstić information content (AvgIpc) is 2.51. The van der Waals surface area contributed by atoms with Crippen molar-refractivity contribution in [2.24, 2.45) is 0 Å². The van der Waals surface area contributed by atoms with E-state index in [2.05, 4.69) is 24.8 Å². The summed E-state index contributed by atoms with van der Waals surface area (Å²) in [6.45, 7) is 3.41. The molecule has 110 valence electrons. The van der Waals surface area contributed by atoms with Crippen LogP contribution in [0.4, 0.5) is 5.95 Å². The molecule has 2 aromatic heterocycles. The molecule has 1 aromatic carbocycles. The van der Waals surface area contributed by atoms with Crippen molar-refractivity contribution >= 4 is 16.9 Å². The molecule has 0 atom stereocenters. The van der Waals surface area contributed by atoms with Crippen LogP contribution in [0.15, 0.2) is 42.9 Å². The highest BCUT2D eigenvalue weighted by Crippen LogP contribution is 2.22. The monoisotopic (exact) mass is 293 g/mol. The van der Waals surface area contributed by atoms with E-state index in [0.29, 0.717) is 5.88 Å². The van der Waals surface area contributed by atoms with Crippen molar-refractivity contribution in [1.82, 2.24) is 19.9 Å². The molecule has 1 aliphatic rings. The molecule has 1 aliphatic heterocycles. The van der Waals surface area contributed by atoms with Crippen molar-refractivity contribution in [2.45, 2.75) is 13.0 Å². The number of benzene rings is 1. The highest BCUT2D eigenvalue weighted by atomic mass is 16.5. The summed E-state index contributed by atoms with van der Waals surface area (Å²) in [5.74, 6) is 1.35. The van der Waals surface area contributed by atoms with Crippen LogP contribution in [0.3, 0.4) is 0 Å². The number of fused-ring (bicyclic) bond motifs is 1. The van der Waals surface area contributed by atoms with E-state index in [0.717, 1.165) is 35.6 Å². The van der Waals surface area contributed by atoms with E-state index in [1.807, 2.05) is 37.4 Å². The smallest absolute Gasteiger partial charge is 0.235 e. The fraction of sp³-hybridized carbons (Fsp3) is 0.250. The molecule has 4 rings (SSSR count). The van der Waals surface area contributed by atoms with Crippen LogP contribution in [0.5, 0.6) is 5.88 Å². The molecule has 0 N–H and O–H groups in total. The van der Waals surface area contributed by atoms with Gasteiger partial charge in [0.05, 0.1) is 24.3 Å². The van der Waals surface area contributed by atoms with Gasteiger partial charge in [-0.1, -0.05) is 18.2 Å². The summed E-state index contributed by atoms with van der Waals surface area (Å²) in [6, 6.07) is 7.98. The third-order valence-electron chi connectivity index (χ3n) is 3.72. The van der Waals surface area contributed by atoms with Crippen LogP contribution in [-0.2, 0) is 0 Å². The summed E-state index contributed by atoms with van der Waals surface area (Å²) in [4.78, 5) is 19.5.